The largest absolute Gasteiger partial charge is 0.291 e. The van der Waals surface area contributed by atoms with Gasteiger partial charge in [0.15, 0.2) is 5.78 Å². The monoisotopic (exact) mass is 296 g/mol. The topological polar surface area (TPSA) is 73.1 Å². The molecule has 0 radical (unpaired) electrons. The molecule has 0 amide bonds. The molecule has 0 atom stereocenters. The Morgan fingerprint density at radius 3 is 2.89 bits per heavy atom. The van der Waals surface area contributed by atoms with Crippen molar-refractivity contribution < 1.29 is 9.72 Å². The van der Waals surface area contributed by atoms with Gasteiger partial charge >= 0.3 is 0 Å². The number of halogens is 1. The van der Waals surface area contributed by atoms with E-state index in [1.807, 2.05) is 6.92 Å². The number of alkyl halides is 1. The van der Waals surface area contributed by atoms with Crippen molar-refractivity contribution >= 4 is 34.4 Å². The normalized spacial score (nSPS) is 10.4. The Labute approximate surface area is 118 Å². The summed E-state index contributed by atoms with van der Waals surface area (Å²) in [7, 11) is 0. The van der Waals surface area contributed by atoms with Gasteiger partial charge in [-0.3, -0.25) is 14.9 Å². The van der Waals surface area contributed by atoms with Gasteiger partial charge in [-0.05, 0) is 12.5 Å². The number of Topliss-reactive ketones (excluding diaryl/α,β-unsaturated/α-hetero) is 1. The van der Waals surface area contributed by atoms with Gasteiger partial charge < -0.3 is 0 Å². The lowest BCUT2D eigenvalue weighted by atomic mass is 10.1. The minimum absolute atomic E-state index is 0.000944. The Morgan fingerprint density at radius 1 is 1.53 bits per heavy atom. The van der Waals surface area contributed by atoms with E-state index in [4.69, 9.17) is 11.6 Å². The van der Waals surface area contributed by atoms with Gasteiger partial charge in [0.1, 0.15) is 10.7 Å². The standard InChI is InChI=1S/C12H9ClN2O3S/c1-7-2-3-8(15(17)18)4-9(7)12-14-10(6-19-12)11(16)5-13/h2-4,6H,5H2,1H3. The smallest absolute Gasteiger partial charge is 0.270 e. The maximum absolute atomic E-state index is 11.4. The van der Waals surface area contributed by atoms with E-state index in [9.17, 15) is 14.9 Å². The molecule has 0 unspecified atom stereocenters. The summed E-state index contributed by atoms with van der Waals surface area (Å²) in [6.07, 6.45) is 0. The molecule has 0 aliphatic heterocycles. The number of hydrogen-bond donors (Lipinski definition) is 0. The maximum Gasteiger partial charge on any atom is 0.270 e. The molecule has 7 heteroatoms. The molecule has 5 nitrogen and oxygen atoms in total. The number of non-ortho nitro benzene ring substituents is 1. The Balaban J connectivity index is 2.46. The summed E-state index contributed by atoms with van der Waals surface area (Å²) < 4.78 is 0. The molecule has 1 aromatic carbocycles. The molecule has 98 valence electrons. The Morgan fingerprint density at radius 2 is 2.26 bits per heavy atom. The molecule has 2 rings (SSSR count). The Hall–Kier alpha value is -1.79. The first kappa shape index (κ1) is 13.6. The fraction of sp³-hybridized carbons (Fsp3) is 0.167. The van der Waals surface area contributed by atoms with Crippen LogP contribution in [-0.4, -0.2) is 21.6 Å². The minimum atomic E-state index is -0.457. The highest BCUT2D eigenvalue weighted by atomic mass is 35.5. The van der Waals surface area contributed by atoms with Gasteiger partial charge in [0, 0.05) is 23.1 Å². The molecule has 0 saturated carbocycles. The highest BCUT2D eigenvalue weighted by Crippen LogP contribution is 2.30. The Bertz CT molecular complexity index is 654. The van der Waals surface area contributed by atoms with Crippen LogP contribution >= 0.6 is 22.9 Å². The van der Waals surface area contributed by atoms with Gasteiger partial charge in [-0.15, -0.1) is 22.9 Å². The van der Waals surface area contributed by atoms with Gasteiger partial charge in [0.25, 0.3) is 5.69 Å². The summed E-state index contributed by atoms with van der Waals surface area (Å²) in [5.74, 6) is -0.385. The van der Waals surface area contributed by atoms with Crippen LogP contribution in [0.5, 0.6) is 0 Å². The number of aryl methyl sites for hydroxylation is 1. The van der Waals surface area contributed by atoms with Crippen LogP contribution in [0.1, 0.15) is 16.1 Å². The average Bonchev–Trinajstić information content (AvgIpc) is 2.87. The molecule has 0 N–H and O–H groups in total. The molecule has 0 aliphatic carbocycles. The molecule has 0 bridgehead atoms. The van der Waals surface area contributed by atoms with Crippen LogP contribution in [0.2, 0.25) is 0 Å². The van der Waals surface area contributed by atoms with Crippen LogP contribution in [0.15, 0.2) is 23.6 Å². The van der Waals surface area contributed by atoms with Crippen molar-refractivity contribution in [2.75, 3.05) is 5.88 Å². The third-order valence-corrected chi connectivity index (χ3v) is 3.69. The highest BCUT2D eigenvalue weighted by Gasteiger charge is 2.15. The second-order valence-electron chi connectivity index (χ2n) is 3.85. The van der Waals surface area contributed by atoms with E-state index < -0.39 is 4.92 Å². The fourth-order valence-electron chi connectivity index (χ4n) is 1.55. The number of ketones is 1. The van der Waals surface area contributed by atoms with Gasteiger partial charge in [0.05, 0.1) is 10.8 Å². The van der Waals surface area contributed by atoms with Crippen LogP contribution in [0, 0.1) is 17.0 Å². The van der Waals surface area contributed by atoms with Crippen LogP contribution in [0.3, 0.4) is 0 Å². The van der Waals surface area contributed by atoms with Crippen LogP contribution in [0.4, 0.5) is 5.69 Å². The number of thiazole rings is 1. The van der Waals surface area contributed by atoms with Crippen molar-refractivity contribution in [2.24, 2.45) is 0 Å². The van der Waals surface area contributed by atoms with Crippen molar-refractivity contribution in [3.8, 4) is 10.6 Å². The second kappa shape index (κ2) is 5.46. The number of nitro benzene ring substituents is 1. The average molecular weight is 297 g/mol. The zero-order valence-corrected chi connectivity index (χ0v) is 11.5. The van der Waals surface area contributed by atoms with Crippen molar-refractivity contribution in [3.05, 3.63) is 45.0 Å². The molecular formula is C12H9ClN2O3S. The van der Waals surface area contributed by atoms with Crippen molar-refractivity contribution in [2.45, 2.75) is 6.92 Å². The van der Waals surface area contributed by atoms with Gasteiger partial charge in [-0.25, -0.2) is 4.98 Å². The molecule has 2 aromatic rings. The lowest BCUT2D eigenvalue weighted by Crippen LogP contribution is -2.00. The van der Waals surface area contributed by atoms with Crippen molar-refractivity contribution in [1.29, 1.82) is 0 Å². The molecule has 0 fully saturated rings. The minimum Gasteiger partial charge on any atom is -0.291 e. The third kappa shape index (κ3) is 2.80. The summed E-state index contributed by atoms with van der Waals surface area (Å²) in [5.41, 5.74) is 1.82. The quantitative estimate of drug-likeness (QED) is 0.375. The van der Waals surface area contributed by atoms with Crippen LogP contribution < -0.4 is 0 Å². The molecule has 19 heavy (non-hydrogen) atoms. The number of carbonyl (C=O) groups is 1. The zero-order valence-electron chi connectivity index (χ0n) is 9.92. The summed E-state index contributed by atoms with van der Waals surface area (Å²) in [6, 6.07) is 4.57. The SMILES string of the molecule is Cc1ccc([N+](=O)[O-])cc1-c1nc(C(=O)CCl)cs1. The van der Waals surface area contributed by atoms with Crippen LogP contribution in [0.25, 0.3) is 10.6 Å². The summed E-state index contributed by atoms with van der Waals surface area (Å²) in [6.45, 7) is 1.84. The molecular weight excluding hydrogens is 288 g/mol. The van der Waals surface area contributed by atoms with Crippen LogP contribution in [-0.2, 0) is 0 Å². The molecule has 0 spiro atoms. The van der Waals surface area contributed by atoms with Gasteiger partial charge in [0.2, 0.25) is 0 Å². The molecule has 1 heterocycles. The fourth-order valence-corrected chi connectivity index (χ4v) is 2.59. The zero-order chi connectivity index (χ0) is 14.0. The lowest BCUT2D eigenvalue weighted by molar-refractivity contribution is -0.384. The van der Waals surface area contributed by atoms with E-state index in [1.54, 1.807) is 11.4 Å². The molecule has 0 aliphatic rings. The first-order chi connectivity index (χ1) is 9.02. The molecule has 1 aromatic heterocycles. The van der Waals surface area contributed by atoms with E-state index in [0.29, 0.717) is 16.3 Å². The predicted molar refractivity (Wildman–Crippen MR) is 74.0 cm³/mol. The summed E-state index contributed by atoms with van der Waals surface area (Å²) in [5, 5.41) is 13.0. The van der Waals surface area contributed by atoms with E-state index in [-0.39, 0.29) is 17.4 Å². The van der Waals surface area contributed by atoms with E-state index in [1.165, 1.54) is 23.5 Å². The number of benzene rings is 1. The number of rotatable bonds is 4. The van der Waals surface area contributed by atoms with E-state index in [0.717, 1.165) is 5.56 Å². The predicted octanol–water partition coefficient (Wildman–Crippen LogP) is 3.45. The third-order valence-electron chi connectivity index (χ3n) is 2.57. The van der Waals surface area contributed by atoms with E-state index in [2.05, 4.69) is 4.98 Å². The summed E-state index contributed by atoms with van der Waals surface area (Å²) in [4.78, 5) is 25.9. The van der Waals surface area contributed by atoms with Gasteiger partial charge in [-0.2, -0.15) is 0 Å². The summed E-state index contributed by atoms with van der Waals surface area (Å²) >= 11 is 6.73. The van der Waals surface area contributed by atoms with E-state index >= 15 is 0 Å². The first-order valence-corrected chi connectivity index (χ1v) is 6.74. The number of nitro groups is 1. The number of hydrogen-bond acceptors (Lipinski definition) is 5. The number of carbonyl (C=O) groups excluding carboxylic acids is 1. The number of nitrogens with zero attached hydrogens (tertiary/aromatic N) is 2. The maximum atomic E-state index is 11.4. The first-order valence-electron chi connectivity index (χ1n) is 5.33. The van der Waals surface area contributed by atoms with Crippen molar-refractivity contribution in [3.63, 3.8) is 0 Å². The highest BCUT2D eigenvalue weighted by molar-refractivity contribution is 7.13. The molecule has 0 saturated heterocycles. The Kier molecular flexibility index (Phi) is 3.92. The second-order valence-corrected chi connectivity index (χ2v) is 4.98. The van der Waals surface area contributed by atoms with Gasteiger partial charge in [-0.1, -0.05) is 6.07 Å². The number of aromatic nitrogens is 1. The van der Waals surface area contributed by atoms with Crippen molar-refractivity contribution in [1.82, 2.24) is 4.98 Å². The lowest BCUT2D eigenvalue weighted by Gasteiger charge is -2.01.